The van der Waals surface area contributed by atoms with Crippen LogP contribution in [0.4, 0.5) is 5.69 Å². The second kappa shape index (κ2) is 5.95. The summed E-state index contributed by atoms with van der Waals surface area (Å²) in [4.78, 5) is 24.6. The molecule has 1 aromatic carbocycles. The van der Waals surface area contributed by atoms with Gasteiger partial charge in [-0.3, -0.25) is 4.79 Å². The maximum absolute atomic E-state index is 12.3. The number of aliphatic hydroxyl groups is 1. The van der Waals surface area contributed by atoms with Gasteiger partial charge in [0.2, 0.25) is 0 Å². The molecule has 6 nitrogen and oxygen atoms in total. The van der Waals surface area contributed by atoms with Gasteiger partial charge in [-0.25, -0.2) is 4.79 Å². The molecule has 132 valence electrons. The predicted octanol–water partition coefficient (Wildman–Crippen LogP) is 2.92. The van der Waals surface area contributed by atoms with E-state index in [-0.39, 0.29) is 11.4 Å². The molecule has 0 bridgehead atoms. The van der Waals surface area contributed by atoms with Gasteiger partial charge in [0.15, 0.2) is 5.78 Å². The van der Waals surface area contributed by atoms with Crippen LogP contribution in [0, 0.1) is 19.8 Å². The number of hydrogen-bond acceptors (Lipinski definition) is 6. The first-order chi connectivity index (χ1) is 11.7. The summed E-state index contributed by atoms with van der Waals surface area (Å²) in [7, 11) is 0. The van der Waals surface area contributed by atoms with Gasteiger partial charge in [0.1, 0.15) is 5.57 Å². The molecule has 6 heteroatoms. The highest BCUT2D eigenvalue weighted by molar-refractivity contribution is 6.05. The smallest absolute Gasteiger partial charge is 0.345 e. The van der Waals surface area contributed by atoms with Gasteiger partial charge in [-0.05, 0) is 43.2 Å². The highest BCUT2D eigenvalue weighted by Gasteiger charge is 2.45. The minimum absolute atomic E-state index is 0.157. The van der Waals surface area contributed by atoms with Crippen LogP contribution in [-0.4, -0.2) is 28.7 Å². The number of cyclic esters (lactones) is 1. The van der Waals surface area contributed by atoms with Crippen molar-refractivity contribution < 1.29 is 24.2 Å². The Morgan fingerprint density at radius 1 is 1.12 bits per heavy atom. The molecule has 3 rings (SSSR count). The summed E-state index contributed by atoms with van der Waals surface area (Å²) < 4.78 is 10.4. The van der Waals surface area contributed by atoms with Crippen molar-refractivity contribution in [2.45, 2.75) is 39.5 Å². The number of carbonyl (C=O) groups is 2. The fourth-order valence-corrected chi connectivity index (χ4v) is 3.00. The third kappa shape index (κ3) is 3.24. The van der Waals surface area contributed by atoms with Crippen molar-refractivity contribution in [2.24, 2.45) is 5.92 Å². The fraction of sp³-hybridized carbons (Fsp3) is 0.368. The summed E-state index contributed by atoms with van der Waals surface area (Å²) in [6.07, 6.45) is 3.08. The molecule has 0 unspecified atom stereocenters. The zero-order chi connectivity index (χ0) is 18.4. The van der Waals surface area contributed by atoms with Crippen LogP contribution in [0.5, 0.6) is 0 Å². The molecule has 1 aliphatic carbocycles. The van der Waals surface area contributed by atoms with Crippen LogP contribution in [0.15, 0.2) is 41.9 Å². The molecule has 0 amide bonds. The number of carbonyl (C=O) groups excluding carboxylic acids is 2. The molecule has 0 aromatic heterocycles. The summed E-state index contributed by atoms with van der Waals surface area (Å²) in [5.41, 5.74) is 2.93. The van der Waals surface area contributed by atoms with E-state index in [9.17, 15) is 14.7 Å². The summed E-state index contributed by atoms with van der Waals surface area (Å²) in [6, 6.07) is 5.37. The Kier molecular flexibility index (Phi) is 4.06. The minimum atomic E-state index is -1.27. The third-order valence-corrected chi connectivity index (χ3v) is 4.42. The summed E-state index contributed by atoms with van der Waals surface area (Å²) in [6.45, 7) is 7.03. The van der Waals surface area contributed by atoms with E-state index in [2.05, 4.69) is 5.32 Å². The van der Waals surface area contributed by atoms with Crippen LogP contribution in [-0.2, 0) is 19.1 Å². The van der Waals surface area contributed by atoms with Crippen LogP contribution in [0.2, 0.25) is 0 Å². The lowest BCUT2D eigenvalue weighted by Crippen LogP contribution is -2.42. The summed E-state index contributed by atoms with van der Waals surface area (Å²) >= 11 is 0. The average molecular weight is 343 g/mol. The number of aryl methyl sites for hydroxylation is 2. The number of rotatable bonds is 3. The molecule has 1 heterocycles. The van der Waals surface area contributed by atoms with E-state index in [1.165, 1.54) is 19.9 Å². The van der Waals surface area contributed by atoms with E-state index in [1.807, 2.05) is 32.0 Å². The fourth-order valence-electron chi connectivity index (χ4n) is 3.00. The Labute approximate surface area is 146 Å². The average Bonchev–Trinajstić information content (AvgIpc) is 2.83. The maximum atomic E-state index is 12.3. The second-order valence-electron chi connectivity index (χ2n) is 6.82. The zero-order valence-corrected chi connectivity index (χ0v) is 14.6. The highest BCUT2D eigenvalue weighted by atomic mass is 16.8. The van der Waals surface area contributed by atoms with Crippen molar-refractivity contribution >= 4 is 17.4 Å². The third-order valence-electron chi connectivity index (χ3n) is 4.42. The lowest BCUT2D eigenvalue weighted by molar-refractivity contribution is -0.223. The van der Waals surface area contributed by atoms with E-state index in [0.29, 0.717) is 0 Å². The quantitative estimate of drug-likeness (QED) is 0.821. The van der Waals surface area contributed by atoms with E-state index in [1.54, 1.807) is 6.08 Å². The van der Waals surface area contributed by atoms with Crippen LogP contribution in [0.25, 0.3) is 0 Å². The Morgan fingerprint density at radius 3 is 2.48 bits per heavy atom. The van der Waals surface area contributed by atoms with Gasteiger partial charge in [-0.1, -0.05) is 12.1 Å². The zero-order valence-electron chi connectivity index (χ0n) is 14.6. The Morgan fingerprint density at radius 2 is 1.84 bits per heavy atom. The standard InChI is InChI=1S/C19H21NO5/c1-10-5-6-12(9-11(10)2)20-13-7-8-14(21)15(13)16-17(22)24-19(3,4)25-18(16)23/h5-9,13,15,20,22H,1-4H3/t13-,15-/m0/s1. The number of benzene rings is 1. The predicted molar refractivity (Wildman–Crippen MR) is 91.9 cm³/mol. The highest BCUT2D eigenvalue weighted by Crippen LogP contribution is 2.35. The summed E-state index contributed by atoms with van der Waals surface area (Å²) in [5.74, 6) is -3.76. The number of aliphatic hydroxyl groups excluding tert-OH is 1. The Hall–Kier alpha value is -2.76. The second-order valence-corrected chi connectivity index (χ2v) is 6.82. The number of ketones is 1. The SMILES string of the molecule is Cc1ccc(N[C@H]2C=CC(=O)[C@H]2C2=C(O)OC(C)(C)OC2=O)cc1C. The van der Waals surface area contributed by atoms with Gasteiger partial charge in [0.05, 0.1) is 12.0 Å². The molecular weight excluding hydrogens is 322 g/mol. The molecule has 0 saturated heterocycles. The molecule has 0 saturated carbocycles. The lowest BCUT2D eigenvalue weighted by atomic mass is 9.91. The number of allylic oxidation sites excluding steroid dienone is 1. The normalized spacial score (nSPS) is 25.0. The van der Waals surface area contributed by atoms with Crippen LogP contribution in [0.1, 0.15) is 25.0 Å². The van der Waals surface area contributed by atoms with E-state index < -0.39 is 29.7 Å². The monoisotopic (exact) mass is 343 g/mol. The molecule has 25 heavy (non-hydrogen) atoms. The lowest BCUT2D eigenvalue weighted by Gasteiger charge is -2.33. The molecule has 2 N–H and O–H groups in total. The molecule has 0 radical (unpaired) electrons. The van der Waals surface area contributed by atoms with Gasteiger partial charge in [-0.15, -0.1) is 0 Å². The first-order valence-electron chi connectivity index (χ1n) is 8.09. The van der Waals surface area contributed by atoms with Crippen molar-refractivity contribution in [3.8, 4) is 0 Å². The molecular formula is C19H21NO5. The van der Waals surface area contributed by atoms with Gasteiger partial charge >= 0.3 is 5.97 Å². The Balaban J connectivity index is 1.90. The van der Waals surface area contributed by atoms with Crippen molar-refractivity contribution in [1.29, 1.82) is 0 Å². The molecule has 0 spiro atoms. The van der Waals surface area contributed by atoms with Crippen LogP contribution in [0.3, 0.4) is 0 Å². The first-order valence-corrected chi connectivity index (χ1v) is 8.09. The first kappa shape index (κ1) is 17.1. The molecule has 2 atom stereocenters. The topological polar surface area (TPSA) is 84.9 Å². The van der Waals surface area contributed by atoms with Crippen molar-refractivity contribution in [3.05, 3.63) is 53.0 Å². The van der Waals surface area contributed by atoms with E-state index in [4.69, 9.17) is 9.47 Å². The number of nitrogens with one attached hydrogen (secondary N) is 1. The molecule has 2 aliphatic rings. The largest absolute Gasteiger partial charge is 0.480 e. The van der Waals surface area contributed by atoms with Gasteiger partial charge in [-0.2, -0.15) is 0 Å². The molecule has 0 fully saturated rings. The summed E-state index contributed by atoms with van der Waals surface area (Å²) in [5, 5.41) is 13.4. The van der Waals surface area contributed by atoms with Gasteiger partial charge in [0.25, 0.3) is 11.7 Å². The van der Waals surface area contributed by atoms with Gasteiger partial charge < -0.3 is 19.9 Å². The Bertz CT molecular complexity index is 806. The van der Waals surface area contributed by atoms with Crippen molar-refractivity contribution in [2.75, 3.05) is 5.32 Å². The maximum Gasteiger partial charge on any atom is 0.345 e. The minimum Gasteiger partial charge on any atom is -0.480 e. The van der Waals surface area contributed by atoms with Gasteiger partial charge in [0, 0.05) is 19.5 Å². The van der Waals surface area contributed by atoms with Crippen LogP contribution < -0.4 is 5.32 Å². The molecule has 1 aliphatic heterocycles. The number of esters is 1. The van der Waals surface area contributed by atoms with Crippen LogP contribution >= 0.6 is 0 Å². The number of ether oxygens (including phenoxy) is 2. The number of anilines is 1. The van der Waals surface area contributed by atoms with E-state index in [0.717, 1.165) is 16.8 Å². The number of hydrogen-bond donors (Lipinski definition) is 2. The molecule has 1 aromatic rings. The van der Waals surface area contributed by atoms with Crippen molar-refractivity contribution in [3.63, 3.8) is 0 Å². The van der Waals surface area contributed by atoms with E-state index >= 15 is 0 Å². The van der Waals surface area contributed by atoms with Crippen molar-refractivity contribution in [1.82, 2.24) is 0 Å².